The minimum atomic E-state index is 0.0418. The van der Waals surface area contributed by atoms with Crippen molar-refractivity contribution in [2.75, 3.05) is 36.0 Å². The van der Waals surface area contributed by atoms with Gasteiger partial charge in [-0.15, -0.1) is 0 Å². The first-order valence-corrected chi connectivity index (χ1v) is 6.81. The third kappa shape index (κ3) is 2.91. The molecule has 0 aromatic carbocycles. The van der Waals surface area contributed by atoms with Crippen molar-refractivity contribution in [1.29, 1.82) is 5.41 Å². The van der Waals surface area contributed by atoms with Crippen molar-refractivity contribution in [1.82, 2.24) is 15.0 Å². The summed E-state index contributed by atoms with van der Waals surface area (Å²) in [5.41, 5.74) is 6.08. The number of hydrogen-bond acceptors (Lipinski definition) is 6. The maximum atomic E-state index is 7.38. The van der Waals surface area contributed by atoms with Crippen molar-refractivity contribution in [3.8, 4) is 0 Å². The molecular formula is C14H17N7. The second-order valence-electron chi connectivity index (χ2n) is 4.84. The van der Waals surface area contributed by atoms with Gasteiger partial charge in [0.25, 0.3) is 0 Å². The number of hydrogen-bond donors (Lipinski definition) is 2. The lowest BCUT2D eigenvalue weighted by molar-refractivity contribution is 0.634. The van der Waals surface area contributed by atoms with Crippen LogP contribution in [0.25, 0.3) is 0 Å². The van der Waals surface area contributed by atoms with E-state index in [2.05, 4.69) is 24.8 Å². The van der Waals surface area contributed by atoms with Gasteiger partial charge >= 0.3 is 0 Å². The lowest BCUT2D eigenvalue weighted by Gasteiger charge is -2.35. The molecule has 0 unspecified atom stereocenters. The molecule has 108 valence electrons. The largest absolute Gasteiger partial charge is 0.384 e. The highest BCUT2D eigenvalue weighted by atomic mass is 15.3. The summed E-state index contributed by atoms with van der Waals surface area (Å²) in [4.78, 5) is 17.3. The number of anilines is 2. The van der Waals surface area contributed by atoms with Gasteiger partial charge < -0.3 is 15.5 Å². The van der Waals surface area contributed by atoms with Crippen LogP contribution in [0, 0.1) is 5.41 Å². The van der Waals surface area contributed by atoms with Crippen molar-refractivity contribution >= 4 is 17.6 Å². The van der Waals surface area contributed by atoms with Crippen LogP contribution in [0.1, 0.15) is 5.56 Å². The Bertz CT molecular complexity index is 603. The van der Waals surface area contributed by atoms with Crippen LogP contribution < -0.4 is 15.5 Å². The molecule has 3 N–H and O–H groups in total. The monoisotopic (exact) mass is 283 g/mol. The van der Waals surface area contributed by atoms with Gasteiger partial charge in [0.2, 0.25) is 5.95 Å². The van der Waals surface area contributed by atoms with Crippen molar-refractivity contribution in [2.24, 2.45) is 5.73 Å². The number of piperazine rings is 1. The maximum Gasteiger partial charge on any atom is 0.225 e. The summed E-state index contributed by atoms with van der Waals surface area (Å²) < 4.78 is 0. The Morgan fingerprint density at radius 3 is 2.24 bits per heavy atom. The first-order valence-electron chi connectivity index (χ1n) is 6.81. The van der Waals surface area contributed by atoms with E-state index in [1.54, 1.807) is 18.6 Å². The van der Waals surface area contributed by atoms with Crippen LogP contribution in [-0.4, -0.2) is 47.0 Å². The standard InChI is InChI=1S/C14H17N7/c15-13(16)11-2-3-12(19-10-11)20-6-8-21(9-7-20)14-17-4-1-5-18-14/h1-5,10H,6-9H2,(H3,15,16). The number of nitrogen functional groups attached to an aromatic ring is 1. The van der Waals surface area contributed by atoms with Gasteiger partial charge in [-0.1, -0.05) is 0 Å². The Morgan fingerprint density at radius 1 is 1.00 bits per heavy atom. The normalized spacial score (nSPS) is 15.0. The fourth-order valence-corrected chi connectivity index (χ4v) is 2.32. The molecule has 1 saturated heterocycles. The topological polar surface area (TPSA) is 95.0 Å². The van der Waals surface area contributed by atoms with Gasteiger partial charge in [0.15, 0.2) is 0 Å². The fourth-order valence-electron chi connectivity index (χ4n) is 2.32. The first-order chi connectivity index (χ1) is 10.2. The first kappa shape index (κ1) is 13.3. The lowest BCUT2D eigenvalue weighted by atomic mass is 10.2. The number of nitrogens with one attached hydrogen (secondary N) is 1. The summed E-state index contributed by atoms with van der Waals surface area (Å²) in [5.74, 6) is 1.73. The second-order valence-corrected chi connectivity index (χ2v) is 4.84. The van der Waals surface area contributed by atoms with E-state index in [-0.39, 0.29) is 5.84 Å². The summed E-state index contributed by atoms with van der Waals surface area (Å²) in [6.45, 7) is 3.45. The number of aromatic nitrogens is 3. The Balaban J connectivity index is 1.64. The zero-order valence-corrected chi connectivity index (χ0v) is 11.6. The number of pyridine rings is 1. The summed E-state index contributed by atoms with van der Waals surface area (Å²) in [6, 6.07) is 5.56. The predicted molar refractivity (Wildman–Crippen MR) is 81.7 cm³/mol. The molecule has 1 fully saturated rings. The molecule has 0 saturated carbocycles. The molecule has 3 rings (SSSR count). The van der Waals surface area contributed by atoms with E-state index in [1.165, 1.54) is 0 Å². The van der Waals surface area contributed by atoms with Crippen LogP contribution in [0.15, 0.2) is 36.8 Å². The van der Waals surface area contributed by atoms with E-state index < -0.39 is 0 Å². The molecule has 0 atom stereocenters. The third-order valence-electron chi connectivity index (χ3n) is 3.50. The van der Waals surface area contributed by atoms with E-state index in [0.717, 1.165) is 37.9 Å². The second kappa shape index (κ2) is 5.74. The highest BCUT2D eigenvalue weighted by molar-refractivity contribution is 5.94. The van der Waals surface area contributed by atoms with Gasteiger partial charge in [-0.05, 0) is 18.2 Å². The minimum Gasteiger partial charge on any atom is -0.384 e. The number of nitrogens with zero attached hydrogens (tertiary/aromatic N) is 5. The van der Waals surface area contributed by atoms with Crippen LogP contribution in [0.4, 0.5) is 11.8 Å². The lowest BCUT2D eigenvalue weighted by Crippen LogP contribution is -2.47. The van der Waals surface area contributed by atoms with Crippen molar-refractivity contribution in [3.63, 3.8) is 0 Å². The molecule has 7 heteroatoms. The average Bonchev–Trinajstić information content (AvgIpc) is 2.56. The number of rotatable bonds is 3. The van der Waals surface area contributed by atoms with Gasteiger partial charge in [0.1, 0.15) is 11.7 Å². The van der Waals surface area contributed by atoms with Gasteiger partial charge in [-0.2, -0.15) is 0 Å². The molecule has 21 heavy (non-hydrogen) atoms. The van der Waals surface area contributed by atoms with E-state index in [9.17, 15) is 0 Å². The molecule has 3 heterocycles. The number of nitrogens with two attached hydrogens (primary N) is 1. The van der Waals surface area contributed by atoms with Crippen molar-refractivity contribution < 1.29 is 0 Å². The highest BCUT2D eigenvalue weighted by Gasteiger charge is 2.19. The number of amidine groups is 1. The zero-order valence-electron chi connectivity index (χ0n) is 11.6. The van der Waals surface area contributed by atoms with Crippen molar-refractivity contribution in [2.45, 2.75) is 0 Å². The Labute approximate surface area is 123 Å². The predicted octanol–water partition coefficient (Wildman–Crippen LogP) is 0.482. The third-order valence-corrected chi connectivity index (χ3v) is 3.50. The maximum absolute atomic E-state index is 7.38. The molecule has 1 aliphatic heterocycles. The molecule has 7 nitrogen and oxygen atoms in total. The molecule has 0 amide bonds. The molecule has 0 aliphatic carbocycles. The van der Waals surface area contributed by atoms with Gasteiger partial charge in [0, 0.05) is 50.3 Å². The van der Waals surface area contributed by atoms with Gasteiger partial charge in [-0.25, -0.2) is 15.0 Å². The molecule has 2 aromatic rings. The van der Waals surface area contributed by atoms with Crippen LogP contribution in [-0.2, 0) is 0 Å². The van der Waals surface area contributed by atoms with Gasteiger partial charge in [0.05, 0.1) is 0 Å². The molecule has 1 aliphatic rings. The SMILES string of the molecule is N=C(N)c1ccc(N2CCN(c3ncccn3)CC2)nc1. The summed E-state index contributed by atoms with van der Waals surface area (Å²) in [5, 5.41) is 7.38. The molecule has 2 aromatic heterocycles. The van der Waals surface area contributed by atoms with Crippen LogP contribution in [0.5, 0.6) is 0 Å². The van der Waals surface area contributed by atoms with E-state index in [1.807, 2.05) is 18.2 Å². The molecule has 0 spiro atoms. The van der Waals surface area contributed by atoms with Crippen LogP contribution >= 0.6 is 0 Å². The van der Waals surface area contributed by atoms with Crippen LogP contribution in [0.2, 0.25) is 0 Å². The molecule has 0 radical (unpaired) electrons. The summed E-state index contributed by atoms with van der Waals surface area (Å²) >= 11 is 0. The summed E-state index contributed by atoms with van der Waals surface area (Å²) in [7, 11) is 0. The Kier molecular flexibility index (Phi) is 3.63. The van der Waals surface area contributed by atoms with Crippen molar-refractivity contribution in [3.05, 3.63) is 42.4 Å². The summed E-state index contributed by atoms with van der Waals surface area (Å²) in [6.07, 6.45) is 5.16. The van der Waals surface area contributed by atoms with Crippen LogP contribution in [0.3, 0.4) is 0 Å². The zero-order chi connectivity index (χ0) is 14.7. The van der Waals surface area contributed by atoms with E-state index in [0.29, 0.717) is 5.56 Å². The average molecular weight is 283 g/mol. The highest BCUT2D eigenvalue weighted by Crippen LogP contribution is 2.16. The smallest absolute Gasteiger partial charge is 0.225 e. The van der Waals surface area contributed by atoms with E-state index >= 15 is 0 Å². The van der Waals surface area contributed by atoms with Gasteiger partial charge in [-0.3, -0.25) is 5.41 Å². The molecular weight excluding hydrogens is 266 g/mol. The van der Waals surface area contributed by atoms with E-state index in [4.69, 9.17) is 11.1 Å². The molecule has 0 bridgehead atoms. The quantitative estimate of drug-likeness (QED) is 0.628. The Hall–Kier alpha value is -2.70. The fraction of sp³-hybridized carbons (Fsp3) is 0.286. The minimum absolute atomic E-state index is 0.0418. The Morgan fingerprint density at radius 2 is 1.67 bits per heavy atom.